The second-order valence-electron chi connectivity index (χ2n) is 7.12. The molecule has 0 saturated carbocycles. The molecule has 0 atom stereocenters. The van der Waals surface area contributed by atoms with Gasteiger partial charge in [0.05, 0.1) is 0 Å². The van der Waals surface area contributed by atoms with E-state index < -0.39 is 0 Å². The van der Waals surface area contributed by atoms with E-state index in [0.717, 1.165) is 23.8 Å². The molecule has 1 aromatic rings. The predicted molar refractivity (Wildman–Crippen MR) is 86.7 cm³/mol. The largest absolute Gasteiger partial charge is 0.368 e. The highest BCUT2D eigenvalue weighted by molar-refractivity contribution is 6.30. The van der Waals surface area contributed by atoms with Crippen LogP contribution in [0.2, 0.25) is 5.15 Å². The van der Waals surface area contributed by atoms with Gasteiger partial charge in [0.2, 0.25) is 0 Å². The molecule has 0 unspecified atom stereocenters. The highest BCUT2D eigenvalue weighted by Gasteiger charge is 2.23. The Kier molecular flexibility index (Phi) is 5.03. The minimum absolute atomic E-state index is 0.0335. The van der Waals surface area contributed by atoms with Crippen molar-refractivity contribution in [2.75, 3.05) is 26.0 Å². The first-order chi connectivity index (χ1) is 8.95. The van der Waals surface area contributed by atoms with Crippen molar-refractivity contribution >= 4 is 17.4 Å². The lowest BCUT2D eigenvalue weighted by molar-refractivity contribution is 0.210. The van der Waals surface area contributed by atoms with Gasteiger partial charge >= 0.3 is 0 Å². The second-order valence-corrected chi connectivity index (χ2v) is 7.48. The van der Waals surface area contributed by atoms with Crippen molar-refractivity contribution in [3.05, 3.63) is 16.5 Å². The van der Waals surface area contributed by atoms with E-state index in [1.165, 1.54) is 0 Å². The van der Waals surface area contributed by atoms with Crippen LogP contribution in [0.15, 0.2) is 0 Å². The smallest absolute Gasteiger partial charge is 0.137 e. The van der Waals surface area contributed by atoms with Gasteiger partial charge in [0.15, 0.2) is 0 Å². The summed E-state index contributed by atoms with van der Waals surface area (Å²) < 4.78 is 0. The predicted octanol–water partition coefficient (Wildman–Crippen LogP) is 3.49. The van der Waals surface area contributed by atoms with E-state index in [1.807, 2.05) is 6.92 Å². The monoisotopic (exact) mass is 298 g/mol. The normalized spacial score (nSPS) is 12.9. The molecule has 0 fully saturated rings. The zero-order chi connectivity index (χ0) is 15.7. The van der Waals surface area contributed by atoms with Gasteiger partial charge in [0.25, 0.3) is 0 Å². The van der Waals surface area contributed by atoms with E-state index >= 15 is 0 Å². The molecule has 0 aromatic carbocycles. The highest BCUT2D eigenvalue weighted by Crippen LogP contribution is 2.26. The maximum Gasteiger partial charge on any atom is 0.137 e. The summed E-state index contributed by atoms with van der Waals surface area (Å²) in [4.78, 5) is 11.2. The third kappa shape index (κ3) is 4.06. The second kappa shape index (κ2) is 5.86. The third-order valence-corrected chi connectivity index (χ3v) is 4.02. The van der Waals surface area contributed by atoms with Gasteiger partial charge in [-0.05, 0) is 34.9 Å². The van der Waals surface area contributed by atoms with Crippen LogP contribution in [-0.2, 0) is 5.41 Å². The molecule has 0 saturated heterocycles. The Bertz CT molecular complexity index is 475. The van der Waals surface area contributed by atoms with Gasteiger partial charge in [-0.2, -0.15) is 0 Å². The first-order valence-corrected chi connectivity index (χ1v) is 7.29. The lowest BCUT2D eigenvalue weighted by Gasteiger charge is -2.33. The summed E-state index contributed by atoms with van der Waals surface area (Å²) >= 11 is 6.24. The molecular weight excluding hydrogens is 272 g/mol. The van der Waals surface area contributed by atoms with E-state index in [4.69, 9.17) is 11.6 Å². The number of hydrogen-bond acceptors (Lipinski definition) is 4. The zero-order valence-corrected chi connectivity index (χ0v) is 14.7. The summed E-state index contributed by atoms with van der Waals surface area (Å²) in [6, 6.07) is 0. The van der Waals surface area contributed by atoms with E-state index in [-0.39, 0.29) is 11.0 Å². The van der Waals surface area contributed by atoms with Crippen molar-refractivity contribution < 1.29 is 0 Å². The molecule has 0 aliphatic carbocycles. The SMILES string of the molecule is Cc1c(Cl)nc(C(C)(C)C)nc1NCC(C)(C)N(C)C. The molecule has 1 rings (SSSR count). The maximum atomic E-state index is 6.24. The van der Waals surface area contributed by atoms with Gasteiger partial charge in [-0.1, -0.05) is 32.4 Å². The van der Waals surface area contributed by atoms with Gasteiger partial charge in [-0.3, -0.25) is 0 Å². The Morgan fingerprint density at radius 1 is 1.10 bits per heavy atom. The minimum Gasteiger partial charge on any atom is -0.368 e. The molecular formula is C15H27ClN4. The van der Waals surface area contributed by atoms with Crippen molar-refractivity contribution in [3.63, 3.8) is 0 Å². The van der Waals surface area contributed by atoms with Crippen LogP contribution in [0, 0.1) is 6.92 Å². The van der Waals surface area contributed by atoms with E-state index in [9.17, 15) is 0 Å². The van der Waals surface area contributed by atoms with Crippen molar-refractivity contribution in [1.82, 2.24) is 14.9 Å². The highest BCUT2D eigenvalue weighted by atomic mass is 35.5. The molecule has 5 heteroatoms. The average molecular weight is 299 g/mol. The topological polar surface area (TPSA) is 41.1 Å². The Morgan fingerprint density at radius 2 is 1.65 bits per heavy atom. The van der Waals surface area contributed by atoms with Crippen LogP contribution in [0.3, 0.4) is 0 Å². The fourth-order valence-electron chi connectivity index (χ4n) is 1.45. The molecule has 1 N–H and O–H groups in total. The number of anilines is 1. The quantitative estimate of drug-likeness (QED) is 0.864. The van der Waals surface area contributed by atoms with Crippen molar-refractivity contribution in [1.29, 1.82) is 0 Å². The summed E-state index contributed by atoms with van der Waals surface area (Å²) in [6.07, 6.45) is 0. The summed E-state index contributed by atoms with van der Waals surface area (Å²) in [5.41, 5.74) is 0.811. The maximum absolute atomic E-state index is 6.24. The number of aromatic nitrogens is 2. The van der Waals surface area contributed by atoms with Crippen LogP contribution in [0.1, 0.15) is 46.0 Å². The molecule has 0 bridgehead atoms. The first-order valence-electron chi connectivity index (χ1n) is 6.91. The van der Waals surface area contributed by atoms with Crippen molar-refractivity contribution in [2.24, 2.45) is 0 Å². The Balaban J connectivity index is 3.04. The number of halogens is 1. The third-order valence-electron chi connectivity index (χ3n) is 3.66. The number of nitrogens with one attached hydrogen (secondary N) is 1. The molecule has 0 amide bonds. The van der Waals surface area contributed by atoms with Gasteiger partial charge in [-0.15, -0.1) is 0 Å². The Labute approximate surface area is 127 Å². The van der Waals surface area contributed by atoms with Crippen LogP contribution in [-0.4, -0.2) is 41.0 Å². The molecule has 1 heterocycles. The number of hydrogen-bond donors (Lipinski definition) is 1. The van der Waals surface area contributed by atoms with Crippen LogP contribution < -0.4 is 5.32 Å². The number of likely N-dealkylation sites (N-methyl/N-ethyl adjacent to an activating group) is 1. The summed E-state index contributed by atoms with van der Waals surface area (Å²) in [7, 11) is 4.14. The van der Waals surface area contributed by atoms with Crippen LogP contribution in [0.25, 0.3) is 0 Å². The van der Waals surface area contributed by atoms with Gasteiger partial charge in [0.1, 0.15) is 16.8 Å². The summed E-state index contributed by atoms with van der Waals surface area (Å²) in [5, 5.41) is 3.93. The van der Waals surface area contributed by atoms with E-state index in [1.54, 1.807) is 0 Å². The van der Waals surface area contributed by atoms with Crippen LogP contribution in [0.4, 0.5) is 5.82 Å². The first kappa shape index (κ1) is 17.2. The van der Waals surface area contributed by atoms with Crippen LogP contribution in [0.5, 0.6) is 0 Å². The fraction of sp³-hybridized carbons (Fsp3) is 0.733. The Morgan fingerprint density at radius 3 is 2.10 bits per heavy atom. The molecule has 20 heavy (non-hydrogen) atoms. The lowest BCUT2D eigenvalue weighted by Crippen LogP contribution is -2.44. The van der Waals surface area contributed by atoms with Gasteiger partial charge < -0.3 is 10.2 Å². The lowest BCUT2D eigenvalue weighted by atomic mass is 9.95. The molecule has 0 spiro atoms. The molecule has 1 aromatic heterocycles. The molecule has 0 radical (unpaired) electrons. The summed E-state index contributed by atoms with van der Waals surface area (Å²) in [5.74, 6) is 1.59. The number of nitrogens with zero attached hydrogens (tertiary/aromatic N) is 3. The molecule has 0 aliphatic rings. The molecule has 114 valence electrons. The van der Waals surface area contributed by atoms with Crippen molar-refractivity contribution in [3.8, 4) is 0 Å². The van der Waals surface area contributed by atoms with E-state index in [0.29, 0.717) is 5.15 Å². The van der Waals surface area contributed by atoms with E-state index in [2.05, 4.69) is 68.9 Å². The molecule has 4 nitrogen and oxygen atoms in total. The van der Waals surface area contributed by atoms with Crippen LogP contribution >= 0.6 is 11.6 Å². The van der Waals surface area contributed by atoms with Gasteiger partial charge in [-0.25, -0.2) is 9.97 Å². The fourth-order valence-corrected chi connectivity index (χ4v) is 1.62. The minimum atomic E-state index is -0.120. The zero-order valence-electron chi connectivity index (χ0n) is 13.9. The molecule has 0 aliphatic heterocycles. The average Bonchev–Trinajstić information content (AvgIpc) is 2.29. The number of rotatable bonds is 4. The standard InChI is InChI=1S/C15H27ClN4/c1-10-11(16)18-13(14(2,3)4)19-12(10)17-9-15(5,6)20(7)8/h9H2,1-8H3,(H,17,18,19). The van der Waals surface area contributed by atoms with Gasteiger partial charge in [0, 0.05) is 23.1 Å². The summed E-state index contributed by atoms with van der Waals surface area (Å²) in [6.45, 7) is 13.4. The Hall–Kier alpha value is -0.870. The van der Waals surface area contributed by atoms with Crippen molar-refractivity contribution in [2.45, 2.75) is 52.5 Å².